The molecule has 2 fully saturated rings. The Labute approximate surface area is 153 Å². The standard InChI is InChI=1S/C22H34N2O/c1-3-8-19(16-18-9-6-5-7-10-18)24(15-4-2)21(25)20-17-22(20)11-13-23-14-12-22/h5-7,9-10,19-20,23H,3-4,8,11-17H2,1-2H3. The average molecular weight is 343 g/mol. The quantitative estimate of drug-likeness (QED) is 0.774. The summed E-state index contributed by atoms with van der Waals surface area (Å²) in [4.78, 5) is 15.6. The third-order valence-electron chi connectivity index (χ3n) is 6.21. The van der Waals surface area contributed by atoms with E-state index in [-0.39, 0.29) is 5.92 Å². The number of carbonyl (C=O) groups is 1. The largest absolute Gasteiger partial charge is 0.339 e. The molecule has 2 aliphatic rings. The fourth-order valence-corrected chi connectivity index (χ4v) is 4.68. The van der Waals surface area contributed by atoms with Gasteiger partial charge in [-0.1, -0.05) is 50.6 Å². The van der Waals surface area contributed by atoms with Crippen molar-refractivity contribution in [1.82, 2.24) is 10.2 Å². The van der Waals surface area contributed by atoms with Gasteiger partial charge in [-0.25, -0.2) is 0 Å². The summed E-state index contributed by atoms with van der Waals surface area (Å²) >= 11 is 0. The Morgan fingerprint density at radius 2 is 1.92 bits per heavy atom. The van der Waals surface area contributed by atoms with Gasteiger partial charge in [0.1, 0.15) is 0 Å². The smallest absolute Gasteiger partial charge is 0.226 e. The van der Waals surface area contributed by atoms with Crippen LogP contribution in [-0.2, 0) is 11.2 Å². The number of benzene rings is 1. The first-order chi connectivity index (χ1) is 12.2. The zero-order valence-electron chi connectivity index (χ0n) is 16.0. The number of amides is 1. The van der Waals surface area contributed by atoms with Gasteiger partial charge in [0, 0.05) is 18.5 Å². The third kappa shape index (κ3) is 4.25. The first-order valence-electron chi connectivity index (χ1n) is 10.3. The van der Waals surface area contributed by atoms with Gasteiger partial charge in [0.15, 0.2) is 0 Å². The molecule has 0 bridgehead atoms. The van der Waals surface area contributed by atoms with Gasteiger partial charge in [0.25, 0.3) is 0 Å². The van der Waals surface area contributed by atoms with Crippen molar-refractivity contribution in [1.29, 1.82) is 0 Å². The fraction of sp³-hybridized carbons (Fsp3) is 0.682. The maximum absolute atomic E-state index is 13.4. The molecule has 1 saturated carbocycles. The second-order valence-electron chi connectivity index (χ2n) is 8.03. The van der Waals surface area contributed by atoms with Crippen molar-refractivity contribution in [3.05, 3.63) is 35.9 Å². The molecule has 1 aromatic rings. The van der Waals surface area contributed by atoms with Crippen molar-refractivity contribution in [2.24, 2.45) is 11.3 Å². The maximum Gasteiger partial charge on any atom is 0.226 e. The van der Waals surface area contributed by atoms with E-state index in [9.17, 15) is 4.79 Å². The normalized spacial score (nSPS) is 22.6. The highest BCUT2D eigenvalue weighted by Crippen LogP contribution is 2.59. The monoisotopic (exact) mass is 342 g/mol. The van der Waals surface area contributed by atoms with Crippen molar-refractivity contribution < 1.29 is 4.79 Å². The minimum atomic E-state index is 0.288. The van der Waals surface area contributed by atoms with Gasteiger partial charge in [0.2, 0.25) is 5.91 Å². The molecule has 2 unspecified atom stereocenters. The van der Waals surface area contributed by atoms with Crippen molar-refractivity contribution >= 4 is 5.91 Å². The summed E-state index contributed by atoms with van der Waals surface area (Å²) in [6.07, 6.45) is 7.75. The van der Waals surface area contributed by atoms with Crippen LogP contribution in [0.1, 0.15) is 57.9 Å². The minimum absolute atomic E-state index is 0.288. The Bertz CT molecular complexity index is 550. The van der Waals surface area contributed by atoms with Gasteiger partial charge in [-0.3, -0.25) is 4.79 Å². The highest BCUT2D eigenvalue weighted by molar-refractivity contribution is 5.83. The first-order valence-corrected chi connectivity index (χ1v) is 10.3. The molecular weight excluding hydrogens is 308 g/mol. The lowest BCUT2D eigenvalue weighted by Crippen LogP contribution is -2.44. The SMILES string of the molecule is CCCC(Cc1ccccc1)N(CCC)C(=O)C1CC12CCNCC2. The molecule has 1 aromatic carbocycles. The second-order valence-corrected chi connectivity index (χ2v) is 8.03. The maximum atomic E-state index is 13.4. The summed E-state index contributed by atoms with van der Waals surface area (Å²) in [7, 11) is 0. The highest BCUT2D eigenvalue weighted by Gasteiger charge is 2.58. The molecule has 138 valence electrons. The molecule has 0 radical (unpaired) electrons. The van der Waals surface area contributed by atoms with Gasteiger partial charge >= 0.3 is 0 Å². The number of nitrogens with one attached hydrogen (secondary N) is 1. The number of hydrogen-bond donors (Lipinski definition) is 1. The predicted molar refractivity (Wildman–Crippen MR) is 103 cm³/mol. The van der Waals surface area contributed by atoms with E-state index in [1.54, 1.807) is 0 Å². The Hall–Kier alpha value is -1.35. The Morgan fingerprint density at radius 1 is 1.20 bits per heavy atom. The Kier molecular flexibility index (Phi) is 6.16. The zero-order chi connectivity index (χ0) is 17.7. The van der Waals surface area contributed by atoms with Gasteiger partial charge in [0.05, 0.1) is 0 Å². The van der Waals surface area contributed by atoms with Gasteiger partial charge < -0.3 is 10.2 Å². The lowest BCUT2D eigenvalue weighted by molar-refractivity contribution is -0.136. The Morgan fingerprint density at radius 3 is 2.56 bits per heavy atom. The molecule has 25 heavy (non-hydrogen) atoms. The molecule has 1 N–H and O–H groups in total. The van der Waals surface area contributed by atoms with Gasteiger partial charge in [-0.05, 0) is 62.6 Å². The van der Waals surface area contributed by atoms with Crippen LogP contribution in [0.2, 0.25) is 0 Å². The fourth-order valence-electron chi connectivity index (χ4n) is 4.68. The van der Waals surface area contributed by atoms with Crippen LogP contribution in [0.5, 0.6) is 0 Å². The molecule has 3 rings (SSSR count). The molecule has 1 spiro atoms. The van der Waals surface area contributed by atoms with Gasteiger partial charge in [-0.15, -0.1) is 0 Å². The topological polar surface area (TPSA) is 32.3 Å². The number of rotatable bonds is 8. The van der Waals surface area contributed by atoms with E-state index in [0.717, 1.165) is 51.7 Å². The molecular formula is C22H34N2O. The molecule has 1 aliphatic carbocycles. The summed E-state index contributed by atoms with van der Waals surface area (Å²) < 4.78 is 0. The summed E-state index contributed by atoms with van der Waals surface area (Å²) in [6.45, 7) is 7.50. The minimum Gasteiger partial charge on any atom is -0.339 e. The summed E-state index contributed by atoms with van der Waals surface area (Å²) in [5.41, 5.74) is 1.68. The molecule has 2 atom stereocenters. The number of carbonyl (C=O) groups excluding carboxylic acids is 1. The van der Waals surface area contributed by atoms with Gasteiger partial charge in [-0.2, -0.15) is 0 Å². The van der Waals surface area contributed by atoms with Crippen LogP contribution in [0.3, 0.4) is 0 Å². The van der Waals surface area contributed by atoms with Crippen LogP contribution in [-0.4, -0.2) is 36.5 Å². The van der Waals surface area contributed by atoms with E-state index in [4.69, 9.17) is 0 Å². The molecule has 0 aromatic heterocycles. The van der Waals surface area contributed by atoms with Crippen LogP contribution in [0, 0.1) is 11.3 Å². The van der Waals surface area contributed by atoms with Crippen LogP contribution in [0.15, 0.2) is 30.3 Å². The summed E-state index contributed by atoms with van der Waals surface area (Å²) in [5.74, 6) is 0.731. The summed E-state index contributed by atoms with van der Waals surface area (Å²) in [5, 5.41) is 3.45. The highest BCUT2D eigenvalue weighted by atomic mass is 16.2. The molecule has 1 aliphatic heterocycles. The van der Waals surface area contributed by atoms with Crippen LogP contribution in [0.4, 0.5) is 0 Å². The van der Waals surface area contributed by atoms with Crippen molar-refractivity contribution in [2.45, 2.75) is 64.8 Å². The lowest BCUT2D eigenvalue weighted by atomic mass is 9.91. The van der Waals surface area contributed by atoms with E-state index in [2.05, 4.69) is 54.4 Å². The number of hydrogen-bond acceptors (Lipinski definition) is 2. The van der Waals surface area contributed by atoms with Crippen molar-refractivity contribution in [3.63, 3.8) is 0 Å². The predicted octanol–water partition coefficient (Wildman–Crippen LogP) is 4.03. The van der Waals surface area contributed by atoms with Crippen molar-refractivity contribution in [2.75, 3.05) is 19.6 Å². The van der Waals surface area contributed by atoms with E-state index >= 15 is 0 Å². The zero-order valence-corrected chi connectivity index (χ0v) is 16.0. The Balaban J connectivity index is 1.71. The van der Waals surface area contributed by atoms with E-state index in [1.807, 2.05) is 0 Å². The van der Waals surface area contributed by atoms with E-state index in [0.29, 0.717) is 17.4 Å². The van der Waals surface area contributed by atoms with Crippen LogP contribution >= 0.6 is 0 Å². The molecule has 3 nitrogen and oxygen atoms in total. The lowest BCUT2D eigenvalue weighted by Gasteiger charge is -2.33. The second kappa shape index (κ2) is 8.35. The molecule has 1 saturated heterocycles. The third-order valence-corrected chi connectivity index (χ3v) is 6.21. The van der Waals surface area contributed by atoms with Crippen molar-refractivity contribution in [3.8, 4) is 0 Å². The average Bonchev–Trinajstić information content (AvgIpc) is 3.33. The van der Waals surface area contributed by atoms with Crippen LogP contribution < -0.4 is 5.32 Å². The summed E-state index contributed by atoms with van der Waals surface area (Å²) in [6, 6.07) is 11.0. The number of nitrogens with zero attached hydrogens (tertiary/aromatic N) is 1. The van der Waals surface area contributed by atoms with Crippen LogP contribution in [0.25, 0.3) is 0 Å². The molecule has 3 heteroatoms. The van der Waals surface area contributed by atoms with E-state index < -0.39 is 0 Å². The van der Waals surface area contributed by atoms with E-state index in [1.165, 1.54) is 18.4 Å². The molecule has 1 heterocycles. The first kappa shape index (κ1) is 18.4. The molecule has 1 amide bonds. The number of piperidine rings is 1.